The number of methoxy groups -OCH3 is 2. The van der Waals surface area contributed by atoms with Crippen molar-refractivity contribution in [3.8, 4) is 11.5 Å². The van der Waals surface area contributed by atoms with E-state index in [1.165, 1.54) is 6.07 Å². The predicted molar refractivity (Wildman–Crippen MR) is 89.2 cm³/mol. The van der Waals surface area contributed by atoms with Gasteiger partial charge in [0.2, 0.25) is 0 Å². The minimum Gasteiger partial charge on any atom is -0.495 e. The zero-order valence-corrected chi connectivity index (χ0v) is 15.1. The number of hydrogen-bond acceptors (Lipinski definition) is 2. The maximum atomic E-state index is 13.8. The molecule has 0 aliphatic carbocycles. The van der Waals surface area contributed by atoms with Crippen molar-refractivity contribution in [3.05, 3.63) is 57.3 Å². The Labute approximate surface area is 140 Å². The summed E-state index contributed by atoms with van der Waals surface area (Å²) in [6.07, 6.45) is 0. The van der Waals surface area contributed by atoms with Gasteiger partial charge in [0.1, 0.15) is 21.8 Å². The molecule has 0 saturated heterocycles. The Kier molecular flexibility index (Phi) is 5.27. The number of alkyl halides is 1. The molecule has 0 saturated carbocycles. The molecule has 0 heterocycles. The van der Waals surface area contributed by atoms with Crippen LogP contribution in [0.3, 0.4) is 0 Å². The first kappa shape index (κ1) is 16.3. The maximum absolute atomic E-state index is 13.8. The number of benzene rings is 2. The average Bonchev–Trinajstić information content (AvgIpc) is 2.49. The minimum absolute atomic E-state index is 0.176. The monoisotopic (exact) mass is 416 g/mol. The molecule has 0 N–H and O–H groups in total. The predicted octanol–water partition coefficient (Wildman–Crippen LogP) is 5.40. The van der Waals surface area contributed by atoms with E-state index in [1.54, 1.807) is 27.2 Å². The zero-order valence-electron chi connectivity index (χ0n) is 11.9. The van der Waals surface area contributed by atoms with Crippen LogP contribution < -0.4 is 9.47 Å². The van der Waals surface area contributed by atoms with E-state index in [0.29, 0.717) is 17.1 Å². The van der Waals surface area contributed by atoms with Gasteiger partial charge >= 0.3 is 0 Å². The lowest BCUT2D eigenvalue weighted by Crippen LogP contribution is -2.00. The van der Waals surface area contributed by atoms with Gasteiger partial charge in [-0.15, -0.1) is 0 Å². The topological polar surface area (TPSA) is 18.5 Å². The zero-order chi connectivity index (χ0) is 15.6. The Bertz CT molecular complexity index is 659. The summed E-state index contributed by atoms with van der Waals surface area (Å²) < 4.78 is 25.2. The molecule has 0 aliphatic rings. The Morgan fingerprint density at radius 1 is 1.10 bits per heavy atom. The van der Waals surface area contributed by atoms with Crippen molar-refractivity contribution >= 4 is 31.9 Å². The second kappa shape index (κ2) is 6.79. The molecular formula is C16H15Br2FO2. The summed E-state index contributed by atoms with van der Waals surface area (Å²) in [5.74, 6) is 1.13. The smallest absolute Gasteiger partial charge is 0.141 e. The highest BCUT2D eigenvalue weighted by molar-refractivity contribution is 9.10. The maximum Gasteiger partial charge on any atom is 0.141 e. The number of aryl methyl sites for hydroxylation is 1. The van der Waals surface area contributed by atoms with Crippen LogP contribution in [-0.2, 0) is 0 Å². The summed E-state index contributed by atoms with van der Waals surface area (Å²) in [5, 5.41) is 0. The van der Waals surface area contributed by atoms with Gasteiger partial charge in [0.25, 0.3) is 0 Å². The fraction of sp³-hybridized carbons (Fsp3) is 0.250. The van der Waals surface area contributed by atoms with Crippen LogP contribution in [0.5, 0.6) is 11.5 Å². The number of rotatable bonds is 4. The van der Waals surface area contributed by atoms with E-state index in [1.807, 2.05) is 18.2 Å². The van der Waals surface area contributed by atoms with Gasteiger partial charge in [-0.25, -0.2) is 4.39 Å². The number of halogens is 3. The van der Waals surface area contributed by atoms with Crippen molar-refractivity contribution in [2.24, 2.45) is 0 Å². The highest BCUT2D eigenvalue weighted by Crippen LogP contribution is 2.44. The second-order valence-corrected chi connectivity index (χ2v) is 6.28. The molecule has 0 aliphatic heterocycles. The second-order valence-electron chi connectivity index (χ2n) is 4.58. The third-order valence-corrected chi connectivity index (χ3v) is 5.05. The summed E-state index contributed by atoms with van der Waals surface area (Å²) in [5.41, 5.74) is 2.35. The molecule has 0 radical (unpaired) electrons. The number of ether oxygens (including phenoxy) is 2. The van der Waals surface area contributed by atoms with Gasteiger partial charge < -0.3 is 9.47 Å². The molecular weight excluding hydrogens is 403 g/mol. The van der Waals surface area contributed by atoms with Crippen LogP contribution in [0.1, 0.15) is 21.5 Å². The molecule has 1 atom stereocenters. The first-order chi connectivity index (χ1) is 9.99. The lowest BCUT2D eigenvalue weighted by atomic mass is 10.0. The Hall–Kier alpha value is -1.07. The van der Waals surface area contributed by atoms with Gasteiger partial charge in [0.05, 0.1) is 19.0 Å². The molecule has 0 spiro atoms. The first-order valence-electron chi connectivity index (χ1n) is 6.30. The van der Waals surface area contributed by atoms with Crippen molar-refractivity contribution in [2.45, 2.75) is 11.8 Å². The van der Waals surface area contributed by atoms with Gasteiger partial charge in [0, 0.05) is 5.56 Å². The van der Waals surface area contributed by atoms with E-state index in [-0.39, 0.29) is 10.6 Å². The van der Waals surface area contributed by atoms with Crippen LogP contribution in [0.15, 0.2) is 34.8 Å². The normalized spacial score (nSPS) is 12.1. The standard InChI is InChI=1S/C16H15Br2FO2/c1-9-4-5-10(8-12(9)19)14(17)11-6-7-13(20-2)15(18)16(11)21-3/h4-8,14H,1-3H3. The van der Waals surface area contributed by atoms with Crippen molar-refractivity contribution < 1.29 is 13.9 Å². The van der Waals surface area contributed by atoms with E-state index < -0.39 is 0 Å². The Morgan fingerprint density at radius 3 is 2.38 bits per heavy atom. The van der Waals surface area contributed by atoms with Crippen molar-refractivity contribution in [2.75, 3.05) is 14.2 Å². The van der Waals surface area contributed by atoms with Crippen LogP contribution >= 0.6 is 31.9 Å². The van der Waals surface area contributed by atoms with Crippen molar-refractivity contribution in [3.63, 3.8) is 0 Å². The molecule has 2 aromatic rings. The summed E-state index contributed by atoms with van der Waals surface area (Å²) in [4.78, 5) is -0.176. The van der Waals surface area contributed by atoms with Gasteiger partial charge in [0.15, 0.2) is 0 Å². The minimum atomic E-state index is -0.219. The summed E-state index contributed by atoms with van der Waals surface area (Å²) in [7, 11) is 3.19. The molecule has 0 amide bonds. The lowest BCUT2D eigenvalue weighted by Gasteiger charge is -2.18. The average molecular weight is 418 g/mol. The van der Waals surface area contributed by atoms with E-state index >= 15 is 0 Å². The highest BCUT2D eigenvalue weighted by Gasteiger charge is 2.20. The summed E-state index contributed by atoms with van der Waals surface area (Å²) >= 11 is 7.09. The molecule has 0 aromatic heterocycles. The molecule has 2 rings (SSSR count). The van der Waals surface area contributed by atoms with Crippen LogP contribution in [0, 0.1) is 12.7 Å². The van der Waals surface area contributed by atoms with E-state index in [4.69, 9.17) is 9.47 Å². The molecule has 21 heavy (non-hydrogen) atoms. The molecule has 0 bridgehead atoms. The summed E-state index contributed by atoms with van der Waals surface area (Å²) in [6.45, 7) is 1.74. The summed E-state index contributed by atoms with van der Waals surface area (Å²) in [6, 6.07) is 8.95. The van der Waals surface area contributed by atoms with Crippen LogP contribution in [0.4, 0.5) is 4.39 Å². The van der Waals surface area contributed by atoms with E-state index in [2.05, 4.69) is 31.9 Å². The molecule has 1 unspecified atom stereocenters. The highest BCUT2D eigenvalue weighted by atomic mass is 79.9. The quantitative estimate of drug-likeness (QED) is 0.620. The SMILES string of the molecule is COc1ccc(C(Br)c2ccc(C)c(F)c2)c(OC)c1Br. The van der Waals surface area contributed by atoms with Gasteiger partial charge in [-0.05, 0) is 46.1 Å². The molecule has 5 heteroatoms. The Morgan fingerprint density at radius 2 is 1.81 bits per heavy atom. The van der Waals surface area contributed by atoms with Crippen molar-refractivity contribution in [1.82, 2.24) is 0 Å². The number of hydrogen-bond donors (Lipinski definition) is 0. The largest absolute Gasteiger partial charge is 0.495 e. The molecule has 0 fully saturated rings. The van der Waals surface area contributed by atoms with Crippen molar-refractivity contribution in [1.29, 1.82) is 0 Å². The fourth-order valence-corrected chi connectivity index (χ4v) is 3.39. The first-order valence-corrected chi connectivity index (χ1v) is 8.01. The third-order valence-electron chi connectivity index (χ3n) is 3.28. The van der Waals surface area contributed by atoms with Crippen LogP contribution in [-0.4, -0.2) is 14.2 Å². The Balaban J connectivity index is 2.50. The molecule has 2 nitrogen and oxygen atoms in total. The van der Waals surface area contributed by atoms with E-state index in [9.17, 15) is 4.39 Å². The molecule has 2 aromatic carbocycles. The van der Waals surface area contributed by atoms with Gasteiger partial charge in [-0.2, -0.15) is 0 Å². The van der Waals surface area contributed by atoms with Gasteiger partial charge in [-0.3, -0.25) is 0 Å². The van der Waals surface area contributed by atoms with E-state index in [0.717, 1.165) is 15.6 Å². The fourth-order valence-electron chi connectivity index (χ4n) is 2.06. The van der Waals surface area contributed by atoms with Gasteiger partial charge in [-0.1, -0.05) is 34.1 Å². The van der Waals surface area contributed by atoms with Crippen LogP contribution in [0.2, 0.25) is 0 Å². The molecule has 112 valence electrons. The lowest BCUT2D eigenvalue weighted by molar-refractivity contribution is 0.386. The van der Waals surface area contributed by atoms with Crippen LogP contribution in [0.25, 0.3) is 0 Å². The third kappa shape index (κ3) is 3.24.